The smallest absolute Gasteiger partial charge is 0.339 e. The largest absolute Gasteiger partial charge is 0.543 e. The van der Waals surface area contributed by atoms with E-state index in [1.54, 1.807) is 0 Å². The summed E-state index contributed by atoms with van der Waals surface area (Å²) in [5.41, 5.74) is 2.58. The molecule has 0 aliphatic heterocycles. The van der Waals surface area contributed by atoms with Gasteiger partial charge in [-0.05, 0) is 61.5 Å². The fraction of sp³-hybridized carbons (Fsp3) is 0.550. The lowest BCUT2D eigenvalue weighted by atomic mass is 10.0. The predicted molar refractivity (Wildman–Crippen MR) is 102 cm³/mol. The third-order valence-corrected chi connectivity index (χ3v) is 9.98. The average molecular weight is 345 g/mol. The summed E-state index contributed by atoms with van der Waals surface area (Å²) in [6.07, 6.45) is 5.22. The van der Waals surface area contributed by atoms with Crippen molar-refractivity contribution in [2.75, 3.05) is 0 Å². The van der Waals surface area contributed by atoms with Crippen LogP contribution in [0.5, 0.6) is 5.75 Å². The molecule has 1 aliphatic carbocycles. The van der Waals surface area contributed by atoms with Crippen molar-refractivity contribution in [3.8, 4) is 5.75 Å². The van der Waals surface area contributed by atoms with Crippen LogP contribution >= 0.6 is 0 Å². The van der Waals surface area contributed by atoms with Gasteiger partial charge in [-0.25, -0.2) is 4.79 Å². The Labute approximate surface area is 145 Å². The molecule has 24 heavy (non-hydrogen) atoms. The molecule has 0 fully saturated rings. The van der Waals surface area contributed by atoms with Gasteiger partial charge in [0.05, 0.1) is 0 Å². The van der Waals surface area contributed by atoms with E-state index < -0.39 is 8.32 Å². The van der Waals surface area contributed by atoms with Crippen LogP contribution in [0.3, 0.4) is 0 Å². The van der Waals surface area contributed by atoms with Gasteiger partial charge in [0.1, 0.15) is 11.3 Å². The van der Waals surface area contributed by atoms with Gasteiger partial charge in [0.25, 0.3) is 0 Å². The minimum absolute atomic E-state index is 0.135. The number of fused-ring (bicyclic) bond motifs is 3. The SMILES string of the molecule is CC(C)(C)[Si](C)(C)Oc1ccc2c3c(c(=O)oc2c1)CCCCC3. The van der Waals surface area contributed by atoms with Crippen molar-refractivity contribution in [2.24, 2.45) is 0 Å². The molecule has 0 spiro atoms. The Morgan fingerprint density at radius 1 is 1.04 bits per heavy atom. The lowest BCUT2D eigenvalue weighted by Crippen LogP contribution is -2.43. The van der Waals surface area contributed by atoms with Gasteiger partial charge in [-0.15, -0.1) is 0 Å². The van der Waals surface area contributed by atoms with Crippen LogP contribution in [-0.2, 0) is 12.8 Å². The van der Waals surface area contributed by atoms with E-state index in [0.29, 0.717) is 5.58 Å². The summed E-state index contributed by atoms with van der Waals surface area (Å²) in [5.74, 6) is 0.811. The zero-order chi connectivity index (χ0) is 17.5. The molecule has 1 aromatic carbocycles. The molecule has 2 aromatic rings. The van der Waals surface area contributed by atoms with Gasteiger partial charge in [0.15, 0.2) is 0 Å². The maximum atomic E-state index is 12.4. The Morgan fingerprint density at radius 3 is 2.38 bits per heavy atom. The first kappa shape index (κ1) is 17.3. The Bertz CT molecular complexity index is 812. The van der Waals surface area contributed by atoms with E-state index >= 15 is 0 Å². The van der Waals surface area contributed by atoms with Crippen molar-refractivity contribution < 1.29 is 8.84 Å². The minimum atomic E-state index is -1.90. The van der Waals surface area contributed by atoms with Gasteiger partial charge in [0.2, 0.25) is 8.32 Å². The lowest BCUT2D eigenvalue weighted by Gasteiger charge is -2.36. The van der Waals surface area contributed by atoms with E-state index in [1.807, 2.05) is 12.1 Å². The highest BCUT2D eigenvalue weighted by Gasteiger charge is 2.39. The first-order chi connectivity index (χ1) is 11.2. The minimum Gasteiger partial charge on any atom is -0.543 e. The topological polar surface area (TPSA) is 39.4 Å². The van der Waals surface area contributed by atoms with Gasteiger partial charge < -0.3 is 8.84 Å². The highest BCUT2D eigenvalue weighted by Crippen LogP contribution is 2.38. The molecule has 0 N–H and O–H groups in total. The van der Waals surface area contributed by atoms with Crippen molar-refractivity contribution >= 4 is 19.3 Å². The van der Waals surface area contributed by atoms with Crippen LogP contribution in [0.25, 0.3) is 11.0 Å². The Balaban J connectivity index is 2.05. The Kier molecular flexibility index (Phi) is 4.37. The molecule has 0 amide bonds. The van der Waals surface area contributed by atoms with Crippen LogP contribution in [-0.4, -0.2) is 8.32 Å². The van der Waals surface area contributed by atoms with Crippen LogP contribution in [0.2, 0.25) is 18.1 Å². The molecule has 0 saturated carbocycles. The number of hydrogen-bond acceptors (Lipinski definition) is 3. The van der Waals surface area contributed by atoms with Gasteiger partial charge in [-0.1, -0.05) is 27.2 Å². The summed E-state index contributed by atoms with van der Waals surface area (Å²) in [6.45, 7) is 11.1. The quantitative estimate of drug-likeness (QED) is 0.413. The summed E-state index contributed by atoms with van der Waals surface area (Å²) in [4.78, 5) is 12.4. The maximum absolute atomic E-state index is 12.4. The van der Waals surface area contributed by atoms with Crippen molar-refractivity contribution in [3.05, 3.63) is 39.7 Å². The first-order valence-electron chi connectivity index (χ1n) is 8.97. The molecule has 130 valence electrons. The van der Waals surface area contributed by atoms with Crippen LogP contribution in [0.4, 0.5) is 0 Å². The van der Waals surface area contributed by atoms with Crippen molar-refractivity contribution in [2.45, 2.75) is 71.0 Å². The van der Waals surface area contributed by atoms with Gasteiger partial charge in [-0.2, -0.15) is 0 Å². The van der Waals surface area contributed by atoms with Crippen molar-refractivity contribution in [1.82, 2.24) is 0 Å². The van der Waals surface area contributed by atoms with Gasteiger partial charge in [-0.3, -0.25) is 0 Å². The zero-order valence-electron chi connectivity index (χ0n) is 15.5. The molecular weight excluding hydrogens is 316 g/mol. The monoisotopic (exact) mass is 344 g/mol. The fourth-order valence-corrected chi connectivity index (χ4v) is 4.14. The maximum Gasteiger partial charge on any atom is 0.339 e. The van der Waals surface area contributed by atoms with E-state index in [4.69, 9.17) is 8.84 Å². The molecule has 0 atom stereocenters. The van der Waals surface area contributed by atoms with Gasteiger partial charge in [0, 0.05) is 17.0 Å². The zero-order valence-corrected chi connectivity index (χ0v) is 16.5. The van der Waals surface area contributed by atoms with E-state index in [-0.39, 0.29) is 10.7 Å². The van der Waals surface area contributed by atoms with Crippen LogP contribution in [0, 0.1) is 0 Å². The molecule has 0 bridgehead atoms. The highest BCUT2D eigenvalue weighted by atomic mass is 28.4. The number of rotatable bonds is 2. The van der Waals surface area contributed by atoms with Crippen molar-refractivity contribution in [1.29, 1.82) is 0 Å². The normalized spacial score (nSPS) is 15.9. The van der Waals surface area contributed by atoms with E-state index in [9.17, 15) is 4.79 Å². The summed E-state index contributed by atoms with van der Waals surface area (Å²) in [7, 11) is -1.90. The van der Waals surface area contributed by atoms with E-state index in [1.165, 1.54) is 12.0 Å². The molecule has 0 radical (unpaired) electrons. The molecule has 3 nitrogen and oxygen atoms in total. The summed E-state index contributed by atoms with van der Waals surface area (Å²) < 4.78 is 12.0. The highest BCUT2D eigenvalue weighted by molar-refractivity contribution is 6.74. The molecule has 1 aliphatic rings. The first-order valence-corrected chi connectivity index (χ1v) is 11.9. The second-order valence-electron chi connectivity index (χ2n) is 8.43. The van der Waals surface area contributed by atoms with E-state index in [0.717, 1.165) is 42.4 Å². The molecule has 3 rings (SSSR count). The molecule has 1 heterocycles. The van der Waals surface area contributed by atoms with Crippen LogP contribution in [0.15, 0.2) is 27.4 Å². The molecular formula is C20H28O3Si. The van der Waals surface area contributed by atoms with Crippen molar-refractivity contribution in [3.63, 3.8) is 0 Å². The summed E-state index contributed by atoms with van der Waals surface area (Å²) in [6, 6.07) is 6.02. The number of hydrogen-bond donors (Lipinski definition) is 0. The molecule has 0 saturated heterocycles. The fourth-order valence-electron chi connectivity index (χ4n) is 3.11. The van der Waals surface area contributed by atoms with E-state index in [2.05, 4.69) is 39.9 Å². The summed E-state index contributed by atoms with van der Waals surface area (Å²) >= 11 is 0. The lowest BCUT2D eigenvalue weighted by molar-refractivity contribution is 0.489. The Hall–Kier alpha value is -1.55. The summed E-state index contributed by atoms with van der Waals surface area (Å²) in [5, 5.41) is 1.21. The molecule has 0 unspecified atom stereocenters. The van der Waals surface area contributed by atoms with Crippen LogP contribution < -0.4 is 10.1 Å². The Morgan fingerprint density at radius 2 is 1.71 bits per heavy atom. The second kappa shape index (κ2) is 6.07. The van der Waals surface area contributed by atoms with Gasteiger partial charge >= 0.3 is 5.63 Å². The predicted octanol–water partition coefficient (Wildman–Crippen LogP) is 5.45. The number of aryl methyl sites for hydroxylation is 1. The van der Waals surface area contributed by atoms with Crippen LogP contribution in [0.1, 0.15) is 51.2 Å². The molecule has 4 heteroatoms. The number of benzene rings is 1. The second-order valence-corrected chi connectivity index (χ2v) is 13.2. The third-order valence-electron chi connectivity index (χ3n) is 5.62. The average Bonchev–Trinajstić information content (AvgIpc) is 2.72. The third kappa shape index (κ3) is 3.16. The molecule has 1 aromatic heterocycles. The standard InChI is InChI=1S/C20H28O3Si/c1-20(2,3)24(4,5)23-14-11-12-16-15-9-7-6-8-10-17(15)19(21)22-18(16)13-14/h11-13H,6-10H2,1-5H3.